The second-order valence-electron chi connectivity index (χ2n) is 4.77. The summed E-state index contributed by atoms with van der Waals surface area (Å²) < 4.78 is 17.3. The number of hydrogen-bond donors (Lipinski definition) is 1. The van der Waals surface area contributed by atoms with Gasteiger partial charge in [-0.1, -0.05) is 10.4 Å². The Kier molecular flexibility index (Phi) is 4.53. The standard InChI is InChI=1S/C12H18N6O3/c1-19-4-5-20-3-2-11-14-12(21-16-11)10-8-18(17-15-10)9-6-13-7-9/h8-9,13H,2-7H2,1H3. The molecule has 0 saturated carbocycles. The Labute approximate surface area is 121 Å². The smallest absolute Gasteiger partial charge is 0.280 e. The van der Waals surface area contributed by atoms with E-state index in [0.717, 1.165) is 13.1 Å². The van der Waals surface area contributed by atoms with Crippen LogP contribution in [0.15, 0.2) is 10.7 Å². The summed E-state index contributed by atoms with van der Waals surface area (Å²) in [6.45, 7) is 3.50. The van der Waals surface area contributed by atoms with Crippen molar-refractivity contribution in [3.8, 4) is 11.6 Å². The third-order valence-corrected chi connectivity index (χ3v) is 3.23. The molecule has 3 heterocycles. The van der Waals surface area contributed by atoms with E-state index in [0.29, 0.717) is 49.7 Å². The molecule has 114 valence electrons. The van der Waals surface area contributed by atoms with Crippen molar-refractivity contribution >= 4 is 0 Å². The molecule has 1 saturated heterocycles. The molecule has 2 aromatic rings. The molecule has 9 nitrogen and oxygen atoms in total. The molecule has 9 heteroatoms. The van der Waals surface area contributed by atoms with E-state index in [4.69, 9.17) is 14.0 Å². The van der Waals surface area contributed by atoms with E-state index in [1.54, 1.807) is 7.11 Å². The summed E-state index contributed by atoms with van der Waals surface area (Å²) in [6.07, 6.45) is 2.42. The summed E-state index contributed by atoms with van der Waals surface area (Å²) in [6, 6.07) is 0.364. The van der Waals surface area contributed by atoms with Gasteiger partial charge in [0, 0.05) is 26.6 Å². The number of ether oxygens (including phenoxy) is 2. The molecule has 0 bridgehead atoms. The molecule has 0 unspecified atom stereocenters. The zero-order valence-corrected chi connectivity index (χ0v) is 11.9. The van der Waals surface area contributed by atoms with Crippen LogP contribution < -0.4 is 5.32 Å². The summed E-state index contributed by atoms with van der Waals surface area (Å²) in [4.78, 5) is 4.29. The Bertz CT molecular complexity index is 565. The highest BCUT2D eigenvalue weighted by molar-refractivity contribution is 5.43. The fourth-order valence-corrected chi connectivity index (χ4v) is 1.88. The molecule has 1 aliphatic rings. The molecular weight excluding hydrogens is 276 g/mol. The minimum atomic E-state index is 0.364. The normalized spacial score (nSPS) is 15.3. The molecule has 0 aliphatic carbocycles. The van der Waals surface area contributed by atoms with Crippen LogP contribution in [0, 0.1) is 0 Å². The van der Waals surface area contributed by atoms with Gasteiger partial charge in [-0.25, -0.2) is 4.68 Å². The lowest BCUT2D eigenvalue weighted by atomic mass is 10.2. The highest BCUT2D eigenvalue weighted by atomic mass is 16.5. The third-order valence-electron chi connectivity index (χ3n) is 3.23. The molecule has 0 aromatic carbocycles. The lowest BCUT2D eigenvalue weighted by Crippen LogP contribution is -2.43. The van der Waals surface area contributed by atoms with Crippen molar-refractivity contribution in [2.24, 2.45) is 0 Å². The van der Waals surface area contributed by atoms with Crippen LogP contribution in [-0.2, 0) is 15.9 Å². The zero-order valence-electron chi connectivity index (χ0n) is 11.9. The van der Waals surface area contributed by atoms with Crippen LogP contribution in [0.3, 0.4) is 0 Å². The molecule has 2 aromatic heterocycles. The van der Waals surface area contributed by atoms with Crippen LogP contribution in [0.25, 0.3) is 11.6 Å². The highest BCUT2D eigenvalue weighted by Crippen LogP contribution is 2.17. The fraction of sp³-hybridized carbons (Fsp3) is 0.667. The Morgan fingerprint density at radius 3 is 3.05 bits per heavy atom. The molecule has 0 spiro atoms. The van der Waals surface area contributed by atoms with E-state index < -0.39 is 0 Å². The van der Waals surface area contributed by atoms with Crippen LogP contribution >= 0.6 is 0 Å². The van der Waals surface area contributed by atoms with Crippen molar-refractivity contribution in [2.75, 3.05) is 40.0 Å². The molecule has 0 radical (unpaired) electrons. The Morgan fingerprint density at radius 2 is 2.29 bits per heavy atom. The van der Waals surface area contributed by atoms with Crippen LogP contribution in [0.5, 0.6) is 0 Å². The van der Waals surface area contributed by atoms with Gasteiger partial charge in [-0.05, 0) is 0 Å². The van der Waals surface area contributed by atoms with Crippen LogP contribution in [0.2, 0.25) is 0 Å². The maximum absolute atomic E-state index is 5.36. The van der Waals surface area contributed by atoms with E-state index in [-0.39, 0.29) is 0 Å². The minimum absolute atomic E-state index is 0.364. The number of aromatic nitrogens is 5. The first kappa shape index (κ1) is 14.1. The van der Waals surface area contributed by atoms with Crippen molar-refractivity contribution in [3.05, 3.63) is 12.0 Å². The monoisotopic (exact) mass is 294 g/mol. The van der Waals surface area contributed by atoms with Crippen LogP contribution in [0.1, 0.15) is 11.9 Å². The first-order valence-electron chi connectivity index (χ1n) is 6.89. The SMILES string of the molecule is COCCOCCc1noc(-c2cn(C3CNC3)nn2)n1. The number of nitrogens with zero attached hydrogens (tertiary/aromatic N) is 5. The summed E-state index contributed by atoms with van der Waals surface area (Å²) in [7, 11) is 1.64. The summed E-state index contributed by atoms with van der Waals surface area (Å²) in [5.74, 6) is 0.989. The molecule has 1 N–H and O–H groups in total. The topological polar surface area (TPSA) is 100 Å². The van der Waals surface area contributed by atoms with Gasteiger partial charge in [0.2, 0.25) is 0 Å². The Hall–Kier alpha value is -1.84. The van der Waals surface area contributed by atoms with Gasteiger partial charge in [0.05, 0.1) is 32.1 Å². The van der Waals surface area contributed by atoms with Crippen molar-refractivity contribution in [3.63, 3.8) is 0 Å². The Balaban J connectivity index is 1.53. The van der Waals surface area contributed by atoms with Crippen LogP contribution in [0.4, 0.5) is 0 Å². The van der Waals surface area contributed by atoms with Crippen LogP contribution in [-0.4, -0.2) is 65.2 Å². The predicted molar refractivity (Wildman–Crippen MR) is 71.6 cm³/mol. The molecule has 21 heavy (non-hydrogen) atoms. The van der Waals surface area contributed by atoms with Crippen molar-refractivity contribution in [2.45, 2.75) is 12.5 Å². The largest absolute Gasteiger partial charge is 0.382 e. The number of nitrogens with one attached hydrogen (secondary N) is 1. The first-order chi connectivity index (χ1) is 10.4. The van der Waals surface area contributed by atoms with E-state index >= 15 is 0 Å². The zero-order chi connectivity index (χ0) is 14.5. The van der Waals surface area contributed by atoms with E-state index in [1.165, 1.54) is 0 Å². The van der Waals surface area contributed by atoms with Gasteiger partial charge in [-0.3, -0.25) is 0 Å². The quantitative estimate of drug-likeness (QED) is 0.661. The second kappa shape index (κ2) is 6.74. The number of methoxy groups -OCH3 is 1. The third kappa shape index (κ3) is 3.43. The van der Waals surface area contributed by atoms with Gasteiger partial charge in [-0.15, -0.1) is 5.10 Å². The Morgan fingerprint density at radius 1 is 1.38 bits per heavy atom. The fourth-order valence-electron chi connectivity index (χ4n) is 1.88. The van der Waals surface area contributed by atoms with Gasteiger partial charge in [0.15, 0.2) is 11.5 Å². The predicted octanol–water partition coefficient (Wildman–Crippen LogP) is -0.322. The van der Waals surface area contributed by atoms with E-state index in [2.05, 4.69) is 25.8 Å². The van der Waals surface area contributed by atoms with Crippen molar-refractivity contribution in [1.82, 2.24) is 30.5 Å². The van der Waals surface area contributed by atoms with Gasteiger partial charge in [0.25, 0.3) is 5.89 Å². The molecule has 1 aliphatic heterocycles. The lowest BCUT2D eigenvalue weighted by Gasteiger charge is -2.26. The molecular formula is C12H18N6O3. The maximum Gasteiger partial charge on any atom is 0.280 e. The van der Waals surface area contributed by atoms with Crippen molar-refractivity contribution < 1.29 is 14.0 Å². The van der Waals surface area contributed by atoms with E-state index in [1.807, 2.05) is 10.9 Å². The highest BCUT2D eigenvalue weighted by Gasteiger charge is 2.21. The molecule has 0 atom stereocenters. The second-order valence-corrected chi connectivity index (χ2v) is 4.77. The average molecular weight is 294 g/mol. The summed E-state index contributed by atoms with van der Waals surface area (Å²) in [5, 5.41) is 15.2. The maximum atomic E-state index is 5.36. The summed E-state index contributed by atoms with van der Waals surface area (Å²) in [5.41, 5.74) is 0.598. The summed E-state index contributed by atoms with van der Waals surface area (Å²) >= 11 is 0. The van der Waals surface area contributed by atoms with Gasteiger partial charge in [-0.2, -0.15) is 4.98 Å². The van der Waals surface area contributed by atoms with E-state index in [9.17, 15) is 0 Å². The number of hydrogen-bond acceptors (Lipinski definition) is 8. The average Bonchev–Trinajstić information content (AvgIpc) is 3.05. The minimum Gasteiger partial charge on any atom is -0.382 e. The first-order valence-corrected chi connectivity index (χ1v) is 6.89. The lowest BCUT2D eigenvalue weighted by molar-refractivity contribution is 0.0714. The molecule has 1 fully saturated rings. The molecule has 3 rings (SSSR count). The molecule has 0 amide bonds. The van der Waals surface area contributed by atoms with Gasteiger partial charge in [0.1, 0.15) is 0 Å². The van der Waals surface area contributed by atoms with Gasteiger partial charge >= 0.3 is 0 Å². The number of rotatable bonds is 8. The van der Waals surface area contributed by atoms with Crippen molar-refractivity contribution in [1.29, 1.82) is 0 Å². The van der Waals surface area contributed by atoms with Gasteiger partial charge < -0.3 is 19.3 Å².